The van der Waals surface area contributed by atoms with Crippen molar-refractivity contribution < 1.29 is 4.39 Å². The van der Waals surface area contributed by atoms with Gasteiger partial charge < -0.3 is 5.32 Å². The summed E-state index contributed by atoms with van der Waals surface area (Å²) in [6, 6.07) is 7.25. The predicted molar refractivity (Wildman–Crippen MR) is 78.6 cm³/mol. The van der Waals surface area contributed by atoms with Crippen molar-refractivity contribution in [2.24, 2.45) is 16.7 Å². The second kappa shape index (κ2) is 4.90. The number of halogens is 1. The van der Waals surface area contributed by atoms with Crippen LogP contribution in [0.4, 0.5) is 4.39 Å². The van der Waals surface area contributed by atoms with Crippen LogP contribution in [0, 0.1) is 22.6 Å². The molecule has 0 heterocycles. The summed E-state index contributed by atoms with van der Waals surface area (Å²) in [5.41, 5.74) is 2.07. The van der Waals surface area contributed by atoms with Crippen LogP contribution < -0.4 is 5.32 Å². The molecule has 0 amide bonds. The van der Waals surface area contributed by atoms with Crippen molar-refractivity contribution in [1.29, 1.82) is 0 Å². The van der Waals surface area contributed by atoms with Gasteiger partial charge in [-0.25, -0.2) is 4.39 Å². The molecule has 0 spiro atoms. The maximum absolute atomic E-state index is 12.8. The topological polar surface area (TPSA) is 12.0 Å². The van der Waals surface area contributed by atoms with E-state index in [1.165, 1.54) is 17.7 Å². The minimum absolute atomic E-state index is 0.161. The molecular formula is C17H26FN. The molecule has 1 aliphatic rings. The standard InChI is InChI=1S/C17H26FN/c1-12(10-13-6-8-14(18)9-7-13)19-11-15-16(2,3)17(15,4)5/h6-9,12,15,19H,10-11H2,1-5H3. The van der Waals surface area contributed by atoms with E-state index in [0.717, 1.165) is 18.9 Å². The lowest BCUT2D eigenvalue weighted by atomic mass is 10.0. The van der Waals surface area contributed by atoms with Gasteiger partial charge in [0.15, 0.2) is 0 Å². The molecule has 106 valence electrons. The van der Waals surface area contributed by atoms with E-state index in [1.807, 2.05) is 12.1 Å². The van der Waals surface area contributed by atoms with Crippen LogP contribution in [0.5, 0.6) is 0 Å². The Morgan fingerprint density at radius 3 is 2.11 bits per heavy atom. The maximum Gasteiger partial charge on any atom is 0.123 e. The van der Waals surface area contributed by atoms with Gasteiger partial charge >= 0.3 is 0 Å². The summed E-state index contributed by atoms with van der Waals surface area (Å²) in [6.07, 6.45) is 0.952. The van der Waals surface area contributed by atoms with Gasteiger partial charge in [-0.1, -0.05) is 39.8 Å². The highest BCUT2D eigenvalue weighted by molar-refractivity contribution is 5.17. The Bertz CT molecular complexity index is 419. The number of nitrogens with one attached hydrogen (secondary N) is 1. The van der Waals surface area contributed by atoms with Gasteiger partial charge in [0.1, 0.15) is 5.82 Å². The van der Waals surface area contributed by atoms with Crippen LogP contribution in [0.15, 0.2) is 24.3 Å². The summed E-state index contributed by atoms with van der Waals surface area (Å²) >= 11 is 0. The zero-order chi connectivity index (χ0) is 14.3. The van der Waals surface area contributed by atoms with Crippen molar-refractivity contribution in [2.75, 3.05) is 6.54 Å². The molecule has 1 atom stereocenters. The molecule has 1 aromatic rings. The highest BCUT2D eigenvalue weighted by Gasteiger charge is 2.63. The lowest BCUT2D eigenvalue weighted by molar-refractivity contribution is 0.457. The molecule has 1 fully saturated rings. The Labute approximate surface area is 116 Å². The molecule has 0 bridgehead atoms. The minimum atomic E-state index is -0.161. The molecule has 1 N–H and O–H groups in total. The average molecular weight is 263 g/mol. The van der Waals surface area contributed by atoms with Gasteiger partial charge in [0, 0.05) is 6.04 Å². The Kier molecular flexibility index (Phi) is 3.74. The van der Waals surface area contributed by atoms with Gasteiger partial charge in [-0.2, -0.15) is 0 Å². The SMILES string of the molecule is CC(Cc1ccc(F)cc1)NCC1C(C)(C)C1(C)C. The molecule has 1 aromatic carbocycles. The highest BCUT2D eigenvalue weighted by Crippen LogP contribution is 2.67. The highest BCUT2D eigenvalue weighted by atomic mass is 19.1. The lowest BCUT2D eigenvalue weighted by Crippen LogP contribution is -2.31. The minimum Gasteiger partial charge on any atom is -0.314 e. The average Bonchev–Trinajstić information content (AvgIpc) is 2.70. The Balaban J connectivity index is 1.80. The fourth-order valence-electron chi connectivity index (χ4n) is 3.21. The summed E-state index contributed by atoms with van der Waals surface area (Å²) in [5, 5.41) is 3.63. The molecule has 0 saturated heterocycles. The van der Waals surface area contributed by atoms with Crippen molar-refractivity contribution in [3.63, 3.8) is 0 Å². The second-order valence-electron chi connectivity index (χ2n) is 7.14. The normalized spacial score (nSPS) is 22.2. The van der Waals surface area contributed by atoms with Crippen LogP contribution in [-0.2, 0) is 6.42 Å². The van der Waals surface area contributed by atoms with E-state index in [-0.39, 0.29) is 5.82 Å². The number of rotatable bonds is 5. The van der Waals surface area contributed by atoms with E-state index >= 15 is 0 Å². The van der Waals surface area contributed by atoms with E-state index in [9.17, 15) is 4.39 Å². The van der Waals surface area contributed by atoms with E-state index in [2.05, 4.69) is 39.9 Å². The van der Waals surface area contributed by atoms with E-state index in [4.69, 9.17) is 0 Å². The predicted octanol–water partition coefficient (Wildman–Crippen LogP) is 4.03. The van der Waals surface area contributed by atoms with Crippen molar-refractivity contribution in [2.45, 2.75) is 47.1 Å². The molecule has 0 aliphatic heterocycles. The molecule has 1 saturated carbocycles. The Morgan fingerprint density at radius 1 is 1.11 bits per heavy atom. The zero-order valence-corrected chi connectivity index (χ0v) is 12.8. The van der Waals surface area contributed by atoms with Gasteiger partial charge in [-0.05, 0) is 54.3 Å². The largest absolute Gasteiger partial charge is 0.314 e. The summed E-state index contributed by atoms with van der Waals surface area (Å²) in [7, 11) is 0. The van der Waals surface area contributed by atoms with Crippen LogP contribution in [0.1, 0.15) is 40.2 Å². The number of hydrogen-bond donors (Lipinski definition) is 1. The number of benzene rings is 1. The van der Waals surface area contributed by atoms with Gasteiger partial charge in [0.05, 0.1) is 0 Å². The molecule has 1 aliphatic carbocycles. The van der Waals surface area contributed by atoms with E-state index < -0.39 is 0 Å². The van der Waals surface area contributed by atoms with Crippen LogP contribution in [0.25, 0.3) is 0 Å². The monoisotopic (exact) mass is 263 g/mol. The molecule has 1 nitrogen and oxygen atoms in total. The van der Waals surface area contributed by atoms with Crippen LogP contribution in [0.2, 0.25) is 0 Å². The third-order valence-corrected chi connectivity index (χ3v) is 5.45. The third kappa shape index (κ3) is 2.84. The van der Waals surface area contributed by atoms with Crippen LogP contribution >= 0.6 is 0 Å². The molecule has 19 heavy (non-hydrogen) atoms. The van der Waals surface area contributed by atoms with Gasteiger partial charge in [0.2, 0.25) is 0 Å². The van der Waals surface area contributed by atoms with Crippen LogP contribution in [0.3, 0.4) is 0 Å². The van der Waals surface area contributed by atoms with Gasteiger partial charge in [-0.15, -0.1) is 0 Å². The summed E-state index contributed by atoms with van der Waals surface area (Å²) in [4.78, 5) is 0. The van der Waals surface area contributed by atoms with Crippen molar-refractivity contribution in [3.05, 3.63) is 35.6 Å². The first-order valence-electron chi connectivity index (χ1n) is 7.23. The third-order valence-electron chi connectivity index (χ3n) is 5.45. The van der Waals surface area contributed by atoms with Crippen LogP contribution in [-0.4, -0.2) is 12.6 Å². The fraction of sp³-hybridized carbons (Fsp3) is 0.647. The quantitative estimate of drug-likeness (QED) is 0.845. The lowest BCUT2D eigenvalue weighted by Gasteiger charge is -2.14. The van der Waals surface area contributed by atoms with Crippen molar-refractivity contribution >= 4 is 0 Å². The first kappa shape index (κ1) is 14.5. The van der Waals surface area contributed by atoms with Crippen molar-refractivity contribution in [3.8, 4) is 0 Å². The van der Waals surface area contributed by atoms with Gasteiger partial charge in [0.25, 0.3) is 0 Å². The molecule has 0 aromatic heterocycles. The molecule has 2 heteroatoms. The zero-order valence-electron chi connectivity index (χ0n) is 12.8. The summed E-state index contributed by atoms with van der Waals surface area (Å²) in [5.74, 6) is 0.585. The summed E-state index contributed by atoms with van der Waals surface area (Å²) < 4.78 is 12.8. The number of hydrogen-bond acceptors (Lipinski definition) is 1. The first-order valence-corrected chi connectivity index (χ1v) is 7.23. The molecule has 0 radical (unpaired) electrons. The second-order valence-corrected chi connectivity index (χ2v) is 7.14. The summed E-state index contributed by atoms with van der Waals surface area (Å²) in [6.45, 7) is 12.7. The van der Waals surface area contributed by atoms with E-state index in [0.29, 0.717) is 16.9 Å². The molecule has 2 rings (SSSR count). The smallest absolute Gasteiger partial charge is 0.123 e. The van der Waals surface area contributed by atoms with Crippen molar-refractivity contribution in [1.82, 2.24) is 5.32 Å². The molecule has 1 unspecified atom stereocenters. The first-order chi connectivity index (χ1) is 8.75. The fourth-order valence-corrected chi connectivity index (χ4v) is 3.21. The molecular weight excluding hydrogens is 237 g/mol. The Hall–Kier alpha value is -0.890. The Morgan fingerprint density at radius 2 is 1.63 bits per heavy atom. The maximum atomic E-state index is 12.8. The van der Waals surface area contributed by atoms with Gasteiger partial charge in [-0.3, -0.25) is 0 Å². The van der Waals surface area contributed by atoms with E-state index in [1.54, 1.807) is 0 Å².